The molecule has 1 fully saturated rings. The third kappa shape index (κ3) is 3.53. The van der Waals surface area contributed by atoms with E-state index >= 15 is 0 Å². The molecule has 1 aliphatic rings. The van der Waals surface area contributed by atoms with E-state index in [2.05, 4.69) is 30.2 Å². The topological polar surface area (TPSA) is 88.8 Å². The van der Waals surface area contributed by atoms with Gasteiger partial charge in [0, 0.05) is 50.1 Å². The summed E-state index contributed by atoms with van der Waals surface area (Å²) in [6, 6.07) is 5.55. The highest BCUT2D eigenvalue weighted by Gasteiger charge is 2.22. The molecule has 1 amide bonds. The van der Waals surface area contributed by atoms with Crippen molar-refractivity contribution in [3.8, 4) is 5.82 Å². The van der Waals surface area contributed by atoms with Gasteiger partial charge >= 0.3 is 0 Å². The van der Waals surface area contributed by atoms with E-state index in [9.17, 15) is 4.79 Å². The molecule has 0 spiro atoms. The average molecular weight is 349 g/mol. The molecule has 1 saturated heterocycles. The molecule has 4 rings (SSSR count). The van der Waals surface area contributed by atoms with Crippen LogP contribution in [0.5, 0.6) is 0 Å². The van der Waals surface area contributed by atoms with Crippen LogP contribution in [0.15, 0.2) is 55.5 Å². The van der Waals surface area contributed by atoms with Crippen LogP contribution in [0.1, 0.15) is 23.2 Å². The molecule has 1 aliphatic heterocycles. The van der Waals surface area contributed by atoms with Gasteiger partial charge in [-0.15, -0.1) is 0 Å². The van der Waals surface area contributed by atoms with E-state index < -0.39 is 0 Å². The summed E-state index contributed by atoms with van der Waals surface area (Å²) in [5, 5.41) is 3.10. The number of imidazole rings is 1. The van der Waals surface area contributed by atoms with Crippen molar-refractivity contribution in [3.05, 3.63) is 61.1 Å². The SMILES string of the molecule is O=C(NC1CCN(c2ncccn2)CC1)c1ccc(-n2ccnc2)nc1. The van der Waals surface area contributed by atoms with Crippen molar-refractivity contribution in [2.45, 2.75) is 18.9 Å². The second-order valence-electron chi connectivity index (χ2n) is 6.16. The highest BCUT2D eigenvalue weighted by molar-refractivity contribution is 5.94. The standard InChI is InChI=1S/C18H19N7O/c26-17(14-2-3-16(22-12-14)25-11-8-19-13-25)23-15-4-9-24(10-5-15)18-20-6-1-7-21-18/h1-3,6-8,11-13,15H,4-5,9-10H2,(H,23,26). The van der Waals surface area contributed by atoms with E-state index in [1.165, 1.54) is 0 Å². The third-order valence-electron chi connectivity index (χ3n) is 4.44. The van der Waals surface area contributed by atoms with Crippen LogP contribution in [0.4, 0.5) is 5.95 Å². The molecule has 3 aromatic heterocycles. The Hall–Kier alpha value is -3.29. The summed E-state index contributed by atoms with van der Waals surface area (Å²) >= 11 is 0. The van der Waals surface area contributed by atoms with Crippen molar-refractivity contribution in [1.82, 2.24) is 29.8 Å². The zero-order chi connectivity index (χ0) is 17.8. The second kappa shape index (κ2) is 7.30. The molecule has 8 heteroatoms. The minimum Gasteiger partial charge on any atom is -0.349 e. The van der Waals surface area contributed by atoms with Crippen LogP contribution in [-0.4, -0.2) is 49.5 Å². The number of carbonyl (C=O) groups is 1. The van der Waals surface area contributed by atoms with E-state index in [1.54, 1.807) is 41.7 Å². The van der Waals surface area contributed by atoms with Gasteiger partial charge in [0.1, 0.15) is 12.1 Å². The zero-order valence-corrected chi connectivity index (χ0v) is 14.2. The predicted octanol–water partition coefficient (Wildman–Crippen LogP) is 1.46. The maximum atomic E-state index is 12.5. The lowest BCUT2D eigenvalue weighted by Crippen LogP contribution is -2.45. The van der Waals surface area contributed by atoms with Crippen molar-refractivity contribution in [2.75, 3.05) is 18.0 Å². The lowest BCUT2D eigenvalue weighted by atomic mass is 10.0. The zero-order valence-electron chi connectivity index (χ0n) is 14.2. The Balaban J connectivity index is 1.33. The Labute approximate surface area is 150 Å². The Morgan fingerprint density at radius 2 is 1.88 bits per heavy atom. The van der Waals surface area contributed by atoms with Gasteiger partial charge in [-0.2, -0.15) is 0 Å². The molecule has 0 saturated carbocycles. The molecule has 0 radical (unpaired) electrons. The van der Waals surface area contributed by atoms with E-state index in [1.807, 2.05) is 18.3 Å². The number of hydrogen-bond acceptors (Lipinski definition) is 6. The molecule has 0 aliphatic carbocycles. The number of pyridine rings is 1. The molecule has 0 atom stereocenters. The van der Waals surface area contributed by atoms with Crippen LogP contribution in [-0.2, 0) is 0 Å². The number of amides is 1. The summed E-state index contributed by atoms with van der Waals surface area (Å²) in [4.78, 5) is 31.5. The number of aromatic nitrogens is 5. The van der Waals surface area contributed by atoms with Gasteiger partial charge < -0.3 is 10.2 Å². The van der Waals surface area contributed by atoms with Crippen molar-refractivity contribution in [1.29, 1.82) is 0 Å². The Kier molecular flexibility index (Phi) is 4.55. The lowest BCUT2D eigenvalue weighted by Gasteiger charge is -2.32. The first-order valence-electron chi connectivity index (χ1n) is 8.57. The van der Waals surface area contributed by atoms with Crippen molar-refractivity contribution >= 4 is 11.9 Å². The first kappa shape index (κ1) is 16.2. The van der Waals surface area contributed by atoms with Crippen LogP contribution >= 0.6 is 0 Å². The molecule has 8 nitrogen and oxygen atoms in total. The van der Waals surface area contributed by atoms with E-state index in [-0.39, 0.29) is 11.9 Å². The Morgan fingerprint density at radius 1 is 1.08 bits per heavy atom. The molecule has 0 bridgehead atoms. The largest absolute Gasteiger partial charge is 0.349 e. The molecule has 26 heavy (non-hydrogen) atoms. The van der Waals surface area contributed by atoms with Gasteiger partial charge in [-0.3, -0.25) is 9.36 Å². The van der Waals surface area contributed by atoms with Gasteiger partial charge in [-0.1, -0.05) is 0 Å². The van der Waals surface area contributed by atoms with Gasteiger partial charge in [0.25, 0.3) is 5.91 Å². The normalized spacial score (nSPS) is 15.0. The number of piperidine rings is 1. The number of carbonyl (C=O) groups excluding carboxylic acids is 1. The number of anilines is 1. The summed E-state index contributed by atoms with van der Waals surface area (Å²) in [6.07, 6.45) is 12.0. The monoisotopic (exact) mass is 349 g/mol. The summed E-state index contributed by atoms with van der Waals surface area (Å²) < 4.78 is 1.79. The first-order chi connectivity index (χ1) is 12.8. The fraction of sp³-hybridized carbons (Fsp3) is 0.278. The molecule has 1 N–H and O–H groups in total. The van der Waals surface area contributed by atoms with Crippen LogP contribution in [0.25, 0.3) is 5.82 Å². The molecule has 3 aromatic rings. The molecule has 4 heterocycles. The van der Waals surface area contributed by atoms with Crippen molar-refractivity contribution in [3.63, 3.8) is 0 Å². The van der Waals surface area contributed by atoms with Gasteiger partial charge in [-0.05, 0) is 31.0 Å². The van der Waals surface area contributed by atoms with Gasteiger partial charge in [0.05, 0.1) is 5.56 Å². The number of hydrogen-bond donors (Lipinski definition) is 1. The minimum absolute atomic E-state index is 0.0934. The van der Waals surface area contributed by atoms with E-state index in [4.69, 9.17) is 0 Å². The van der Waals surface area contributed by atoms with E-state index in [0.717, 1.165) is 37.7 Å². The van der Waals surface area contributed by atoms with Gasteiger partial charge in [-0.25, -0.2) is 19.9 Å². The molecular formula is C18H19N7O. The second-order valence-corrected chi connectivity index (χ2v) is 6.16. The summed E-state index contributed by atoms with van der Waals surface area (Å²) in [7, 11) is 0. The van der Waals surface area contributed by atoms with Crippen LogP contribution in [0.3, 0.4) is 0 Å². The maximum absolute atomic E-state index is 12.5. The maximum Gasteiger partial charge on any atom is 0.253 e. The van der Waals surface area contributed by atoms with Crippen LogP contribution in [0, 0.1) is 0 Å². The quantitative estimate of drug-likeness (QED) is 0.767. The fourth-order valence-corrected chi connectivity index (χ4v) is 3.01. The molecule has 132 valence electrons. The van der Waals surface area contributed by atoms with Gasteiger partial charge in [0.15, 0.2) is 0 Å². The number of rotatable bonds is 4. The van der Waals surface area contributed by atoms with E-state index in [0.29, 0.717) is 5.56 Å². The van der Waals surface area contributed by atoms with Crippen LogP contribution in [0.2, 0.25) is 0 Å². The molecular weight excluding hydrogens is 330 g/mol. The molecule has 0 unspecified atom stereocenters. The smallest absolute Gasteiger partial charge is 0.253 e. The average Bonchev–Trinajstić information content (AvgIpc) is 3.24. The third-order valence-corrected chi connectivity index (χ3v) is 4.44. The lowest BCUT2D eigenvalue weighted by molar-refractivity contribution is 0.0930. The number of nitrogens with one attached hydrogen (secondary N) is 1. The van der Waals surface area contributed by atoms with Crippen LogP contribution < -0.4 is 10.2 Å². The van der Waals surface area contributed by atoms with Crippen molar-refractivity contribution in [2.24, 2.45) is 0 Å². The summed E-state index contributed by atoms with van der Waals surface area (Å²) in [6.45, 7) is 1.65. The highest BCUT2D eigenvalue weighted by Crippen LogP contribution is 2.16. The molecule has 0 aromatic carbocycles. The Morgan fingerprint density at radius 3 is 2.54 bits per heavy atom. The summed E-state index contributed by atoms with van der Waals surface area (Å²) in [5.41, 5.74) is 0.558. The first-order valence-corrected chi connectivity index (χ1v) is 8.57. The Bertz CT molecular complexity index is 841. The minimum atomic E-state index is -0.0934. The highest BCUT2D eigenvalue weighted by atomic mass is 16.1. The fourth-order valence-electron chi connectivity index (χ4n) is 3.01. The summed E-state index contributed by atoms with van der Waals surface area (Å²) in [5.74, 6) is 1.39. The predicted molar refractivity (Wildman–Crippen MR) is 96.1 cm³/mol. The van der Waals surface area contributed by atoms with Gasteiger partial charge in [0.2, 0.25) is 5.95 Å². The number of nitrogens with zero attached hydrogens (tertiary/aromatic N) is 6. The van der Waals surface area contributed by atoms with Crippen molar-refractivity contribution < 1.29 is 4.79 Å².